The number of hydrogen-bond acceptors (Lipinski definition) is 6. The minimum atomic E-state index is 0.360. The molecule has 2 aromatic heterocycles. The van der Waals surface area contributed by atoms with E-state index in [9.17, 15) is 0 Å². The lowest BCUT2D eigenvalue weighted by Crippen LogP contribution is -1.85. The summed E-state index contributed by atoms with van der Waals surface area (Å²) in [7, 11) is 0. The Labute approximate surface area is 151 Å². The van der Waals surface area contributed by atoms with Crippen LogP contribution in [-0.4, -0.2) is 15.1 Å². The first-order valence-electron chi connectivity index (χ1n) is 6.96. The van der Waals surface area contributed by atoms with Crippen molar-refractivity contribution in [1.82, 2.24) is 15.1 Å². The second-order valence-electron chi connectivity index (χ2n) is 4.84. The van der Waals surface area contributed by atoms with Crippen molar-refractivity contribution in [2.24, 2.45) is 0 Å². The van der Waals surface area contributed by atoms with Crippen LogP contribution in [0.25, 0.3) is 22.5 Å². The summed E-state index contributed by atoms with van der Waals surface area (Å²) in [6, 6.07) is 12.8. The van der Waals surface area contributed by atoms with E-state index in [0.717, 1.165) is 11.1 Å². The van der Waals surface area contributed by atoms with Gasteiger partial charge in [-0.25, -0.2) is 4.98 Å². The van der Waals surface area contributed by atoms with Crippen LogP contribution < -0.4 is 0 Å². The van der Waals surface area contributed by atoms with Crippen molar-refractivity contribution in [3.63, 3.8) is 0 Å². The maximum atomic E-state index is 6.16. The predicted molar refractivity (Wildman–Crippen MR) is 93.3 cm³/mol. The van der Waals surface area contributed by atoms with Crippen molar-refractivity contribution in [3.8, 4) is 11.4 Å². The summed E-state index contributed by atoms with van der Waals surface area (Å²) in [5, 5.41) is 5.44. The summed E-state index contributed by atoms with van der Waals surface area (Å²) in [6.45, 7) is 0. The highest BCUT2D eigenvalue weighted by Crippen LogP contribution is 2.33. The molecule has 0 saturated heterocycles. The molecule has 0 unspecified atom stereocenters. The highest BCUT2D eigenvalue weighted by atomic mass is 35.5. The minimum Gasteiger partial charge on any atom is -0.431 e. The molecule has 0 aliphatic heterocycles. The molecule has 120 valence electrons. The van der Waals surface area contributed by atoms with Crippen LogP contribution in [0, 0.1) is 0 Å². The van der Waals surface area contributed by atoms with Gasteiger partial charge < -0.3 is 8.94 Å². The molecule has 0 spiro atoms. The van der Waals surface area contributed by atoms with Crippen LogP contribution in [-0.2, 0) is 5.75 Å². The largest absolute Gasteiger partial charge is 0.431 e. The van der Waals surface area contributed by atoms with Gasteiger partial charge in [0.05, 0.1) is 21.4 Å². The monoisotopic (exact) mass is 377 g/mol. The maximum Gasteiger partial charge on any atom is 0.257 e. The van der Waals surface area contributed by atoms with E-state index in [1.807, 2.05) is 24.3 Å². The van der Waals surface area contributed by atoms with Crippen molar-refractivity contribution in [3.05, 3.63) is 58.4 Å². The first-order chi connectivity index (χ1) is 11.7. The summed E-state index contributed by atoms with van der Waals surface area (Å²) in [4.78, 5) is 8.72. The quantitative estimate of drug-likeness (QED) is 0.439. The molecule has 0 fully saturated rings. The van der Waals surface area contributed by atoms with Crippen molar-refractivity contribution in [1.29, 1.82) is 0 Å². The average Bonchev–Trinajstić information content (AvgIpc) is 3.19. The number of aromatic nitrogens is 3. The maximum absolute atomic E-state index is 6.16. The summed E-state index contributed by atoms with van der Waals surface area (Å²) in [5.74, 6) is 1.23. The van der Waals surface area contributed by atoms with Crippen LogP contribution in [0.15, 0.2) is 56.6 Å². The molecule has 0 radical (unpaired) electrons. The fourth-order valence-corrected chi connectivity index (χ4v) is 3.41. The van der Waals surface area contributed by atoms with E-state index in [2.05, 4.69) is 15.1 Å². The van der Waals surface area contributed by atoms with Gasteiger partial charge in [0.2, 0.25) is 11.7 Å². The van der Waals surface area contributed by atoms with Crippen molar-refractivity contribution in [2.45, 2.75) is 11.0 Å². The first kappa shape index (κ1) is 15.5. The highest BCUT2D eigenvalue weighted by Gasteiger charge is 2.16. The van der Waals surface area contributed by atoms with Crippen LogP contribution in [0.2, 0.25) is 10.0 Å². The zero-order valence-corrected chi connectivity index (χ0v) is 14.4. The molecule has 4 aromatic rings. The Balaban J connectivity index is 1.53. The van der Waals surface area contributed by atoms with E-state index in [4.69, 9.17) is 32.1 Å². The number of nitrogens with zero attached hydrogens (tertiary/aromatic N) is 3. The molecule has 2 heterocycles. The summed E-state index contributed by atoms with van der Waals surface area (Å²) in [5.41, 5.74) is 2.12. The fourth-order valence-electron chi connectivity index (χ4n) is 2.16. The van der Waals surface area contributed by atoms with Crippen molar-refractivity contribution >= 4 is 46.1 Å². The smallest absolute Gasteiger partial charge is 0.257 e. The second kappa shape index (κ2) is 6.47. The topological polar surface area (TPSA) is 65.0 Å². The standard InChI is InChI=1S/C16H9Cl2N3O2S/c17-9-4-3-5-10(18)14(9)15-20-13(23-21-15)8-24-16-19-11-6-1-2-7-12(11)22-16/h1-7H,8H2. The number of rotatable bonds is 4. The number of para-hydroxylation sites is 2. The Hall–Kier alpha value is -2.02. The number of fused-ring (bicyclic) bond motifs is 1. The molecule has 0 bridgehead atoms. The Kier molecular flexibility index (Phi) is 4.18. The number of thioether (sulfide) groups is 1. The van der Waals surface area contributed by atoms with Crippen LogP contribution in [0.3, 0.4) is 0 Å². The molecule has 0 aliphatic carbocycles. The molecule has 0 amide bonds. The lowest BCUT2D eigenvalue weighted by Gasteiger charge is -2.00. The highest BCUT2D eigenvalue weighted by molar-refractivity contribution is 7.98. The molecule has 0 atom stereocenters. The van der Waals surface area contributed by atoms with Crippen LogP contribution >= 0.6 is 35.0 Å². The number of hydrogen-bond donors (Lipinski definition) is 0. The van der Waals surface area contributed by atoms with E-state index < -0.39 is 0 Å². The molecule has 4 rings (SSSR count). The van der Waals surface area contributed by atoms with E-state index >= 15 is 0 Å². The van der Waals surface area contributed by atoms with Gasteiger partial charge in [-0.1, -0.05) is 58.3 Å². The first-order valence-corrected chi connectivity index (χ1v) is 8.70. The zero-order valence-electron chi connectivity index (χ0n) is 12.1. The summed E-state index contributed by atoms with van der Waals surface area (Å²) >= 11 is 13.7. The van der Waals surface area contributed by atoms with Gasteiger partial charge in [-0.05, 0) is 24.3 Å². The Bertz CT molecular complexity index is 962. The molecule has 0 aliphatic rings. The number of oxazole rings is 1. The lowest BCUT2D eigenvalue weighted by molar-refractivity contribution is 0.391. The van der Waals surface area contributed by atoms with E-state index in [-0.39, 0.29) is 0 Å². The third-order valence-electron chi connectivity index (χ3n) is 3.25. The Morgan fingerprint density at radius 2 is 1.75 bits per heavy atom. The Morgan fingerprint density at radius 3 is 2.54 bits per heavy atom. The molecule has 0 saturated carbocycles. The van der Waals surface area contributed by atoms with Gasteiger partial charge in [0.25, 0.3) is 5.22 Å². The van der Waals surface area contributed by atoms with Gasteiger partial charge >= 0.3 is 0 Å². The van der Waals surface area contributed by atoms with Crippen LogP contribution in [0.5, 0.6) is 0 Å². The van der Waals surface area contributed by atoms with Crippen molar-refractivity contribution in [2.75, 3.05) is 0 Å². The molecule has 5 nitrogen and oxygen atoms in total. The predicted octanol–water partition coefficient (Wildman–Crippen LogP) is 5.48. The normalized spacial score (nSPS) is 11.2. The van der Waals surface area contributed by atoms with Gasteiger partial charge in [-0.15, -0.1) is 0 Å². The molecular weight excluding hydrogens is 369 g/mol. The van der Waals surface area contributed by atoms with Gasteiger partial charge in [0.1, 0.15) is 5.52 Å². The van der Waals surface area contributed by atoms with Crippen molar-refractivity contribution < 1.29 is 8.94 Å². The fraction of sp³-hybridized carbons (Fsp3) is 0.0625. The summed E-state index contributed by atoms with van der Waals surface area (Å²) < 4.78 is 10.9. The molecule has 2 aromatic carbocycles. The molecule has 0 N–H and O–H groups in total. The molecule has 8 heteroatoms. The SMILES string of the molecule is Clc1cccc(Cl)c1-c1noc(CSc2nc3ccccc3o2)n1. The average molecular weight is 378 g/mol. The summed E-state index contributed by atoms with van der Waals surface area (Å²) in [6.07, 6.45) is 0. The number of halogens is 2. The van der Waals surface area contributed by atoms with Gasteiger partial charge in [0, 0.05) is 0 Å². The third-order valence-corrected chi connectivity index (χ3v) is 4.69. The van der Waals surface area contributed by atoms with Crippen LogP contribution in [0.1, 0.15) is 5.89 Å². The lowest BCUT2D eigenvalue weighted by atomic mass is 10.2. The van der Waals surface area contributed by atoms with E-state index in [1.165, 1.54) is 11.8 Å². The van der Waals surface area contributed by atoms with Gasteiger partial charge in [0.15, 0.2) is 5.58 Å². The Morgan fingerprint density at radius 1 is 0.958 bits per heavy atom. The van der Waals surface area contributed by atoms with E-state index in [1.54, 1.807) is 18.2 Å². The molecule has 24 heavy (non-hydrogen) atoms. The van der Waals surface area contributed by atoms with Crippen LogP contribution in [0.4, 0.5) is 0 Å². The zero-order chi connectivity index (χ0) is 16.5. The van der Waals surface area contributed by atoms with Gasteiger partial charge in [-0.3, -0.25) is 0 Å². The molecular formula is C16H9Cl2N3O2S. The second-order valence-corrected chi connectivity index (χ2v) is 6.59. The van der Waals surface area contributed by atoms with E-state index in [0.29, 0.717) is 38.3 Å². The minimum absolute atomic E-state index is 0.360. The number of benzene rings is 2. The van der Waals surface area contributed by atoms with Gasteiger partial charge in [-0.2, -0.15) is 4.98 Å². The third kappa shape index (κ3) is 3.00.